The largest absolute Gasteiger partial charge is 0.490 e. The molecule has 1 aliphatic carbocycles. The Labute approximate surface area is 128 Å². The van der Waals surface area contributed by atoms with E-state index in [-0.39, 0.29) is 5.41 Å². The van der Waals surface area contributed by atoms with Gasteiger partial charge in [0.25, 0.3) is 0 Å². The van der Waals surface area contributed by atoms with Gasteiger partial charge in [-0.15, -0.1) is 0 Å². The molecule has 2 fully saturated rings. The van der Waals surface area contributed by atoms with Crippen molar-refractivity contribution in [3.05, 3.63) is 29.8 Å². The molecule has 0 bridgehead atoms. The third kappa shape index (κ3) is 3.24. The molecule has 0 atom stereocenters. The second kappa shape index (κ2) is 6.37. The molecular weight excluding hydrogens is 260 g/mol. The summed E-state index contributed by atoms with van der Waals surface area (Å²) in [7, 11) is 2.18. The predicted octanol–water partition coefficient (Wildman–Crippen LogP) is 2.93. The lowest BCUT2D eigenvalue weighted by atomic mass is 9.79. The Balaban J connectivity index is 1.64. The minimum Gasteiger partial charge on any atom is -0.490 e. The van der Waals surface area contributed by atoms with Gasteiger partial charge in [0, 0.05) is 25.0 Å². The van der Waals surface area contributed by atoms with Gasteiger partial charge in [0.2, 0.25) is 0 Å². The molecule has 1 aromatic carbocycles. The molecule has 21 heavy (non-hydrogen) atoms. The fraction of sp³-hybridized carbons (Fsp3) is 0.667. The molecule has 1 heterocycles. The molecule has 0 radical (unpaired) electrons. The maximum absolute atomic E-state index is 6.13. The maximum atomic E-state index is 6.13. The van der Waals surface area contributed by atoms with Gasteiger partial charge in [-0.3, -0.25) is 0 Å². The monoisotopic (exact) mass is 288 g/mol. The van der Waals surface area contributed by atoms with E-state index in [1.807, 2.05) is 0 Å². The van der Waals surface area contributed by atoms with Crippen molar-refractivity contribution < 1.29 is 4.74 Å². The average molecular weight is 288 g/mol. The van der Waals surface area contributed by atoms with Crippen molar-refractivity contribution in [2.75, 3.05) is 26.7 Å². The Morgan fingerprint density at radius 3 is 2.33 bits per heavy atom. The number of hydrogen-bond donors (Lipinski definition) is 1. The lowest BCUT2D eigenvalue weighted by molar-refractivity contribution is 0.114. The van der Waals surface area contributed by atoms with Crippen LogP contribution in [0.25, 0.3) is 0 Å². The van der Waals surface area contributed by atoms with Gasteiger partial charge >= 0.3 is 0 Å². The number of nitrogens with two attached hydrogens (primary N) is 1. The Morgan fingerprint density at radius 1 is 1.14 bits per heavy atom. The van der Waals surface area contributed by atoms with E-state index in [0.29, 0.717) is 6.10 Å². The number of rotatable bonds is 4. The molecule has 0 unspecified atom stereocenters. The first-order valence-electron chi connectivity index (χ1n) is 8.38. The molecular formula is C18H28N2O. The smallest absolute Gasteiger partial charge is 0.119 e. The topological polar surface area (TPSA) is 38.5 Å². The number of nitrogens with zero attached hydrogens (tertiary/aromatic N) is 1. The van der Waals surface area contributed by atoms with E-state index in [4.69, 9.17) is 10.5 Å². The van der Waals surface area contributed by atoms with Crippen LogP contribution in [0.4, 0.5) is 0 Å². The van der Waals surface area contributed by atoms with Gasteiger partial charge < -0.3 is 15.4 Å². The molecule has 3 heteroatoms. The summed E-state index contributed by atoms with van der Waals surface area (Å²) in [5.41, 5.74) is 7.69. The standard InChI is InChI=1S/C18H28N2O/c1-20-12-8-17(9-13-20)21-16-6-4-15(5-7-16)18(14-19)10-2-3-11-18/h4-7,17H,2-3,8-14,19H2,1H3. The highest BCUT2D eigenvalue weighted by molar-refractivity contribution is 5.33. The van der Waals surface area contributed by atoms with Gasteiger partial charge in [-0.05, 0) is 50.4 Å². The zero-order valence-corrected chi connectivity index (χ0v) is 13.2. The quantitative estimate of drug-likeness (QED) is 0.926. The number of hydrogen-bond acceptors (Lipinski definition) is 3. The fourth-order valence-corrected chi connectivity index (χ4v) is 3.84. The second-order valence-electron chi connectivity index (χ2n) is 6.84. The van der Waals surface area contributed by atoms with E-state index in [1.165, 1.54) is 31.2 Å². The predicted molar refractivity (Wildman–Crippen MR) is 86.8 cm³/mol. The van der Waals surface area contributed by atoms with Crippen molar-refractivity contribution in [1.82, 2.24) is 4.90 Å². The van der Waals surface area contributed by atoms with Gasteiger partial charge in [0.1, 0.15) is 11.9 Å². The lowest BCUT2D eigenvalue weighted by Gasteiger charge is -2.30. The molecule has 0 spiro atoms. The summed E-state index contributed by atoms with van der Waals surface area (Å²) in [6.07, 6.45) is 7.73. The highest BCUT2D eigenvalue weighted by Crippen LogP contribution is 2.40. The van der Waals surface area contributed by atoms with Crippen LogP contribution in [0.3, 0.4) is 0 Å². The molecule has 116 valence electrons. The highest BCUT2D eigenvalue weighted by atomic mass is 16.5. The first-order chi connectivity index (χ1) is 10.2. The van der Waals surface area contributed by atoms with Crippen LogP contribution < -0.4 is 10.5 Å². The van der Waals surface area contributed by atoms with Crippen LogP contribution in [0.1, 0.15) is 44.1 Å². The minimum absolute atomic E-state index is 0.228. The fourth-order valence-electron chi connectivity index (χ4n) is 3.84. The first-order valence-corrected chi connectivity index (χ1v) is 8.38. The molecule has 1 aromatic rings. The summed E-state index contributed by atoms with van der Waals surface area (Å²) in [4.78, 5) is 2.37. The van der Waals surface area contributed by atoms with Crippen LogP contribution in [0.2, 0.25) is 0 Å². The van der Waals surface area contributed by atoms with Crippen LogP contribution >= 0.6 is 0 Å². The third-order valence-electron chi connectivity index (χ3n) is 5.39. The summed E-state index contributed by atoms with van der Waals surface area (Å²) in [6.45, 7) is 3.04. The first kappa shape index (κ1) is 14.9. The van der Waals surface area contributed by atoms with Gasteiger partial charge in [-0.25, -0.2) is 0 Å². The lowest BCUT2D eigenvalue weighted by Crippen LogP contribution is -2.35. The number of ether oxygens (including phenoxy) is 1. The van der Waals surface area contributed by atoms with E-state index < -0.39 is 0 Å². The summed E-state index contributed by atoms with van der Waals surface area (Å²) < 4.78 is 6.13. The van der Waals surface area contributed by atoms with Crippen molar-refractivity contribution >= 4 is 0 Å². The van der Waals surface area contributed by atoms with Crippen LogP contribution in [0.15, 0.2) is 24.3 Å². The van der Waals surface area contributed by atoms with Gasteiger partial charge in [-0.1, -0.05) is 25.0 Å². The van der Waals surface area contributed by atoms with Gasteiger partial charge in [-0.2, -0.15) is 0 Å². The maximum Gasteiger partial charge on any atom is 0.119 e. The molecule has 1 saturated carbocycles. The number of benzene rings is 1. The van der Waals surface area contributed by atoms with Gasteiger partial charge in [0.15, 0.2) is 0 Å². The third-order valence-corrected chi connectivity index (χ3v) is 5.39. The van der Waals surface area contributed by atoms with Gasteiger partial charge in [0.05, 0.1) is 0 Å². The Bertz CT molecular complexity index is 443. The molecule has 0 amide bonds. The Kier molecular flexibility index (Phi) is 4.51. The number of piperidine rings is 1. The van der Waals surface area contributed by atoms with E-state index in [9.17, 15) is 0 Å². The Hall–Kier alpha value is -1.06. The van der Waals surface area contributed by atoms with Crippen molar-refractivity contribution in [1.29, 1.82) is 0 Å². The van der Waals surface area contributed by atoms with E-state index in [1.54, 1.807) is 0 Å². The number of likely N-dealkylation sites (tertiary alicyclic amines) is 1. The molecule has 1 aliphatic heterocycles. The molecule has 0 aromatic heterocycles. The van der Waals surface area contributed by atoms with Crippen molar-refractivity contribution in [3.63, 3.8) is 0 Å². The normalized spacial score (nSPS) is 23.3. The summed E-state index contributed by atoms with van der Waals surface area (Å²) >= 11 is 0. The SMILES string of the molecule is CN1CCC(Oc2ccc(C3(CN)CCCC3)cc2)CC1. The summed E-state index contributed by atoms with van der Waals surface area (Å²) in [5, 5.41) is 0. The highest BCUT2D eigenvalue weighted by Gasteiger charge is 2.34. The molecule has 2 N–H and O–H groups in total. The molecule has 2 aliphatic rings. The van der Waals surface area contributed by atoms with Crippen LogP contribution in [-0.2, 0) is 5.41 Å². The zero-order valence-electron chi connectivity index (χ0n) is 13.2. The van der Waals surface area contributed by atoms with Crippen molar-refractivity contribution in [2.45, 2.75) is 50.0 Å². The zero-order chi connectivity index (χ0) is 14.7. The Morgan fingerprint density at radius 2 is 1.76 bits per heavy atom. The van der Waals surface area contributed by atoms with E-state index >= 15 is 0 Å². The summed E-state index contributed by atoms with van der Waals surface area (Å²) in [5.74, 6) is 1.01. The van der Waals surface area contributed by atoms with E-state index in [2.05, 4.69) is 36.2 Å². The van der Waals surface area contributed by atoms with Crippen molar-refractivity contribution in [3.8, 4) is 5.75 Å². The molecule has 3 rings (SSSR count). The minimum atomic E-state index is 0.228. The van der Waals surface area contributed by atoms with Crippen LogP contribution in [-0.4, -0.2) is 37.7 Å². The van der Waals surface area contributed by atoms with Crippen molar-refractivity contribution in [2.24, 2.45) is 5.73 Å². The van der Waals surface area contributed by atoms with Crippen LogP contribution in [0.5, 0.6) is 5.75 Å². The van der Waals surface area contributed by atoms with Crippen LogP contribution in [0, 0.1) is 0 Å². The molecule has 1 saturated heterocycles. The second-order valence-corrected chi connectivity index (χ2v) is 6.84. The molecule has 3 nitrogen and oxygen atoms in total. The summed E-state index contributed by atoms with van der Waals surface area (Å²) in [6, 6.07) is 8.76. The van der Waals surface area contributed by atoms with E-state index in [0.717, 1.165) is 38.2 Å². The average Bonchev–Trinajstić information content (AvgIpc) is 3.00.